The van der Waals surface area contributed by atoms with Gasteiger partial charge in [-0.3, -0.25) is 9.59 Å². The van der Waals surface area contributed by atoms with E-state index in [1.807, 2.05) is 36.4 Å². The quantitative estimate of drug-likeness (QED) is 0.529. The zero-order chi connectivity index (χ0) is 24.8. The summed E-state index contributed by atoms with van der Waals surface area (Å²) in [5.74, 6) is 1.67. The van der Waals surface area contributed by atoms with Gasteiger partial charge in [0, 0.05) is 43.5 Å². The van der Waals surface area contributed by atoms with Crippen LogP contribution in [-0.4, -0.2) is 57.1 Å². The van der Waals surface area contributed by atoms with Crippen molar-refractivity contribution in [3.8, 4) is 11.5 Å². The molecule has 2 heterocycles. The van der Waals surface area contributed by atoms with E-state index >= 15 is 0 Å². The van der Waals surface area contributed by atoms with Crippen LogP contribution in [-0.2, 0) is 6.54 Å². The SMILES string of the molecule is COc1cc(OC)cc(C(=O)NC2CCN(c3ccccc3C(=O)N(C)Cc3ccco3)CC2)c1. The number of benzene rings is 2. The first-order valence-corrected chi connectivity index (χ1v) is 11.6. The van der Waals surface area contributed by atoms with Crippen molar-refractivity contribution in [2.24, 2.45) is 0 Å². The van der Waals surface area contributed by atoms with Gasteiger partial charge in [-0.25, -0.2) is 0 Å². The maximum Gasteiger partial charge on any atom is 0.256 e. The maximum atomic E-state index is 13.2. The molecule has 2 aromatic carbocycles. The Bertz CT molecular complexity index is 1130. The molecule has 2 amide bonds. The number of ether oxygens (including phenoxy) is 2. The lowest BCUT2D eigenvalue weighted by atomic mass is 10.0. The largest absolute Gasteiger partial charge is 0.497 e. The third kappa shape index (κ3) is 5.77. The monoisotopic (exact) mass is 477 g/mol. The Morgan fingerprint density at radius 3 is 2.34 bits per heavy atom. The molecule has 0 spiro atoms. The lowest BCUT2D eigenvalue weighted by Gasteiger charge is -2.35. The summed E-state index contributed by atoms with van der Waals surface area (Å²) in [5.41, 5.74) is 2.07. The molecule has 1 aromatic heterocycles. The topological polar surface area (TPSA) is 84.2 Å². The number of piperidine rings is 1. The summed E-state index contributed by atoms with van der Waals surface area (Å²) in [5, 5.41) is 3.13. The van der Waals surface area contributed by atoms with Crippen LogP contribution in [0.15, 0.2) is 65.3 Å². The molecule has 8 heteroatoms. The molecule has 0 aliphatic carbocycles. The summed E-state index contributed by atoms with van der Waals surface area (Å²) < 4.78 is 15.9. The number of carbonyl (C=O) groups excluding carboxylic acids is 2. The highest BCUT2D eigenvalue weighted by atomic mass is 16.5. The second kappa shape index (κ2) is 11.0. The molecule has 3 aromatic rings. The molecular formula is C27H31N3O5. The van der Waals surface area contributed by atoms with Crippen molar-refractivity contribution in [3.63, 3.8) is 0 Å². The van der Waals surface area contributed by atoms with Gasteiger partial charge in [0.1, 0.15) is 17.3 Å². The summed E-state index contributed by atoms with van der Waals surface area (Å²) in [4.78, 5) is 29.9. The Morgan fingerprint density at radius 2 is 1.71 bits per heavy atom. The predicted molar refractivity (Wildman–Crippen MR) is 133 cm³/mol. The van der Waals surface area contributed by atoms with Crippen LogP contribution in [0.25, 0.3) is 0 Å². The average molecular weight is 478 g/mol. The van der Waals surface area contributed by atoms with Crippen molar-refractivity contribution < 1.29 is 23.5 Å². The number of nitrogens with zero attached hydrogens (tertiary/aromatic N) is 2. The predicted octanol–water partition coefficient (Wildman–Crippen LogP) is 3.97. The lowest BCUT2D eigenvalue weighted by Crippen LogP contribution is -2.45. The minimum atomic E-state index is -0.157. The molecule has 0 radical (unpaired) electrons. The van der Waals surface area contributed by atoms with Crippen LogP contribution < -0.4 is 19.7 Å². The first kappa shape index (κ1) is 24.2. The van der Waals surface area contributed by atoms with Gasteiger partial charge < -0.3 is 29.0 Å². The number of rotatable bonds is 8. The first-order valence-electron chi connectivity index (χ1n) is 11.6. The molecule has 0 bridgehead atoms. The highest BCUT2D eigenvalue weighted by Crippen LogP contribution is 2.27. The number of hydrogen-bond donors (Lipinski definition) is 1. The van der Waals surface area contributed by atoms with E-state index in [0.29, 0.717) is 29.2 Å². The van der Waals surface area contributed by atoms with Crippen LogP contribution in [0.3, 0.4) is 0 Å². The van der Waals surface area contributed by atoms with E-state index in [1.54, 1.807) is 50.6 Å². The molecule has 35 heavy (non-hydrogen) atoms. The Kier molecular flexibility index (Phi) is 7.60. The van der Waals surface area contributed by atoms with Crippen LogP contribution in [0.2, 0.25) is 0 Å². The van der Waals surface area contributed by atoms with Crippen molar-refractivity contribution in [2.45, 2.75) is 25.4 Å². The van der Waals surface area contributed by atoms with Gasteiger partial charge in [-0.1, -0.05) is 12.1 Å². The zero-order valence-electron chi connectivity index (χ0n) is 20.3. The van der Waals surface area contributed by atoms with Crippen molar-refractivity contribution in [1.82, 2.24) is 10.2 Å². The van der Waals surface area contributed by atoms with Gasteiger partial charge in [-0.05, 0) is 49.2 Å². The second-order valence-corrected chi connectivity index (χ2v) is 8.59. The van der Waals surface area contributed by atoms with Crippen LogP contribution in [0.5, 0.6) is 11.5 Å². The number of hydrogen-bond acceptors (Lipinski definition) is 6. The van der Waals surface area contributed by atoms with Crippen LogP contribution in [0.1, 0.15) is 39.3 Å². The molecule has 8 nitrogen and oxygen atoms in total. The zero-order valence-corrected chi connectivity index (χ0v) is 20.3. The fraction of sp³-hybridized carbons (Fsp3) is 0.333. The molecule has 0 atom stereocenters. The highest BCUT2D eigenvalue weighted by Gasteiger charge is 2.25. The van der Waals surface area contributed by atoms with Gasteiger partial charge in [0.2, 0.25) is 0 Å². The molecule has 4 rings (SSSR count). The summed E-state index contributed by atoms with van der Waals surface area (Å²) in [6.45, 7) is 1.88. The minimum absolute atomic E-state index is 0.0421. The van der Waals surface area contributed by atoms with E-state index in [2.05, 4.69) is 10.2 Å². The van der Waals surface area contributed by atoms with Crippen molar-refractivity contribution >= 4 is 17.5 Å². The van der Waals surface area contributed by atoms with Gasteiger partial charge in [-0.15, -0.1) is 0 Å². The van der Waals surface area contributed by atoms with E-state index < -0.39 is 0 Å². The third-order valence-electron chi connectivity index (χ3n) is 6.24. The number of furan rings is 1. The molecule has 1 aliphatic rings. The number of para-hydroxylation sites is 1. The molecule has 184 valence electrons. The normalized spacial score (nSPS) is 13.9. The summed E-state index contributed by atoms with van der Waals surface area (Å²) >= 11 is 0. The fourth-order valence-corrected chi connectivity index (χ4v) is 4.32. The summed E-state index contributed by atoms with van der Waals surface area (Å²) in [6, 6.07) is 16.5. The van der Waals surface area contributed by atoms with Crippen molar-refractivity contribution in [3.05, 3.63) is 77.7 Å². The van der Waals surface area contributed by atoms with Gasteiger partial charge in [0.05, 0.1) is 32.6 Å². The molecule has 0 unspecified atom stereocenters. The van der Waals surface area contributed by atoms with E-state index in [0.717, 1.165) is 37.4 Å². The van der Waals surface area contributed by atoms with E-state index in [-0.39, 0.29) is 17.9 Å². The Morgan fingerprint density at radius 1 is 1.03 bits per heavy atom. The average Bonchev–Trinajstić information content (AvgIpc) is 3.41. The van der Waals surface area contributed by atoms with E-state index in [1.165, 1.54) is 0 Å². The second-order valence-electron chi connectivity index (χ2n) is 8.59. The Balaban J connectivity index is 1.39. The molecule has 1 fully saturated rings. The molecular weight excluding hydrogens is 446 g/mol. The van der Waals surface area contributed by atoms with Gasteiger partial charge in [0.25, 0.3) is 11.8 Å². The number of methoxy groups -OCH3 is 2. The smallest absolute Gasteiger partial charge is 0.256 e. The Hall–Kier alpha value is -3.94. The standard InChI is InChI=1S/C27H31N3O5/c1-29(18-21-7-6-14-35-21)27(32)24-8-4-5-9-25(24)30-12-10-20(11-13-30)28-26(31)19-15-22(33-2)17-23(16-19)34-3/h4-9,14-17,20H,10-13,18H2,1-3H3,(H,28,31). The fourth-order valence-electron chi connectivity index (χ4n) is 4.32. The van der Waals surface area contributed by atoms with E-state index in [9.17, 15) is 9.59 Å². The summed E-state index contributed by atoms with van der Waals surface area (Å²) in [7, 11) is 4.89. The number of nitrogens with one attached hydrogen (secondary N) is 1. The number of amides is 2. The highest BCUT2D eigenvalue weighted by molar-refractivity contribution is 5.99. The van der Waals surface area contributed by atoms with E-state index in [4.69, 9.17) is 13.9 Å². The van der Waals surface area contributed by atoms with Crippen molar-refractivity contribution in [2.75, 3.05) is 39.3 Å². The van der Waals surface area contributed by atoms with Crippen molar-refractivity contribution in [1.29, 1.82) is 0 Å². The van der Waals surface area contributed by atoms with Crippen LogP contribution >= 0.6 is 0 Å². The molecule has 1 saturated heterocycles. The number of anilines is 1. The van der Waals surface area contributed by atoms with Gasteiger partial charge in [0.15, 0.2) is 0 Å². The van der Waals surface area contributed by atoms with Crippen LogP contribution in [0.4, 0.5) is 5.69 Å². The molecule has 1 aliphatic heterocycles. The third-order valence-corrected chi connectivity index (χ3v) is 6.24. The lowest BCUT2D eigenvalue weighted by molar-refractivity contribution is 0.0776. The molecule has 1 N–H and O–H groups in total. The van der Waals surface area contributed by atoms with Gasteiger partial charge >= 0.3 is 0 Å². The van der Waals surface area contributed by atoms with Crippen LogP contribution in [0, 0.1) is 0 Å². The number of carbonyl (C=O) groups is 2. The minimum Gasteiger partial charge on any atom is -0.497 e. The molecule has 0 saturated carbocycles. The maximum absolute atomic E-state index is 13.2. The summed E-state index contributed by atoms with van der Waals surface area (Å²) in [6.07, 6.45) is 3.16. The first-order chi connectivity index (χ1) is 17.0. The van der Waals surface area contributed by atoms with Gasteiger partial charge in [-0.2, -0.15) is 0 Å². The Labute approximate surface area is 205 Å².